The van der Waals surface area contributed by atoms with Crippen molar-refractivity contribution in [2.45, 2.75) is 56.1 Å². The number of nitriles is 1. The standard InChI is InChI=1S/C26H27F2N3O4S/c1-14-9-23(31(15(14)2)26(33)17-5-4-6-19(10-17)36(3,34)35)25(32)30-24(16-7-8-16)20-12-21(27)18(13-29)11-22(20)28/h4-6,10-12,14-16,23-24H,7-9H2,1-3H3,(H,30,32)/t14-,15-,23-,24?/m1/s1. The molecule has 1 unspecified atom stereocenters. The van der Waals surface area contributed by atoms with Crippen LogP contribution in [0.15, 0.2) is 41.3 Å². The van der Waals surface area contributed by atoms with Gasteiger partial charge in [-0.05, 0) is 68.4 Å². The lowest BCUT2D eigenvalue weighted by Gasteiger charge is -2.30. The number of hydrogen-bond acceptors (Lipinski definition) is 5. The van der Waals surface area contributed by atoms with E-state index in [1.807, 2.05) is 13.8 Å². The predicted octanol–water partition coefficient (Wildman–Crippen LogP) is 3.75. The average molecular weight is 516 g/mol. The Balaban J connectivity index is 1.63. The maximum atomic E-state index is 14.8. The Hall–Kier alpha value is -3.32. The maximum Gasteiger partial charge on any atom is 0.254 e. The van der Waals surface area contributed by atoms with Crippen LogP contribution in [-0.2, 0) is 14.6 Å². The van der Waals surface area contributed by atoms with Gasteiger partial charge in [0.25, 0.3) is 5.91 Å². The summed E-state index contributed by atoms with van der Waals surface area (Å²) in [4.78, 5) is 28.4. The molecule has 2 fully saturated rings. The topological polar surface area (TPSA) is 107 Å². The molecule has 1 saturated heterocycles. The van der Waals surface area contributed by atoms with Gasteiger partial charge in [-0.15, -0.1) is 0 Å². The van der Waals surface area contributed by atoms with Crippen molar-refractivity contribution in [1.29, 1.82) is 5.26 Å². The lowest BCUT2D eigenvalue weighted by Crippen LogP contribution is -2.49. The van der Waals surface area contributed by atoms with Gasteiger partial charge in [0.1, 0.15) is 23.7 Å². The largest absolute Gasteiger partial charge is 0.347 e. The number of benzene rings is 2. The highest BCUT2D eigenvalue weighted by atomic mass is 32.2. The molecule has 4 atom stereocenters. The molecule has 2 aliphatic rings. The molecule has 4 rings (SSSR count). The fourth-order valence-electron chi connectivity index (χ4n) is 4.80. The molecule has 0 radical (unpaired) electrons. The summed E-state index contributed by atoms with van der Waals surface area (Å²) in [5.41, 5.74) is -0.292. The number of rotatable bonds is 6. The van der Waals surface area contributed by atoms with E-state index in [0.29, 0.717) is 6.42 Å². The van der Waals surface area contributed by atoms with E-state index in [1.165, 1.54) is 29.2 Å². The van der Waals surface area contributed by atoms with Crippen molar-refractivity contribution in [2.75, 3.05) is 6.26 Å². The minimum absolute atomic E-state index is 0.00126. The van der Waals surface area contributed by atoms with Crippen LogP contribution in [-0.4, -0.2) is 43.5 Å². The second-order valence-electron chi connectivity index (χ2n) is 9.77. The molecule has 0 aromatic heterocycles. The number of carbonyl (C=O) groups excluding carboxylic acids is 2. The highest BCUT2D eigenvalue weighted by Gasteiger charge is 2.45. The van der Waals surface area contributed by atoms with Crippen LogP contribution in [0.5, 0.6) is 0 Å². The average Bonchev–Trinajstić information content (AvgIpc) is 3.63. The predicted molar refractivity (Wildman–Crippen MR) is 127 cm³/mol. The molecule has 0 spiro atoms. The molecular formula is C26H27F2N3O4S. The Labute approximate surface area is 209 Å². The van der Waals surface area contributed by atoms with Gasteiger partial charge in [-0.3, -0.25) is 9.59 Å². The zero-order chi connectivity index (χ0) is 26.4. The number of hydrogen-bond donors (Lipinski definition) is 1. The van der Waals surface area contributed by atoms with Crippen molar-refractivity contribution < 1.29 is 26.8 Å². The quantitative estimate of drug-likeness (QED) is 0.631. The van der Waals surface area contributed by atoms with E-state index < -0.39 is 50.9 Å². The maximum absolute atomic E-state index is 14.8. The van der Waals surface area contributed by atoms with Gasteiger partial charge in [-0.1, -0.05) is 13.0 Å². The number of likely N-dealkylation sites (tertiary alicyclic amines) is 1. The van der Waals surface area contributed by atoms with Crippen molar-refractivity contribution in [3.8, 4) is 6.07 Å². The number of sulfone groups is 1. The van der Waals surface area contributed by atoms with Gasteiger partial charge in [0.05, 0.1) is 16.5 Å². The molecule has 7 nitrogen and oxygen atoms in total. The van der Waals surface area contributed by atoms with E-state index in [4.69, 9.17) is 5.26 Å². The molecule has 2 aromatic rings. The van der Waals surface area contributed by atoms with Crippen molar-refractivity contribution in [3.63, 3.8) is 0 Å². The van der Waals surface area contributed by atoms with Crippen LogP contribution in [0.25, 0.3) is 0 Å². The second-order valence-corrected chi connectivity index (χ2v) is 11.8. The van der Waals surface area contributed by atoms with E-state index in [1.54, 1.807) is 6.07 Å². The van der Waals surface area contributed by atoms with Crippen LogP contribution >= 0.6 is 0 Å². The zero-order valence-corrected chi connectivity index (χ0v) is 21.0. The fraction of sp³-hybridized carbons (Fsp3) is 0.423. The Morgan fingerprint density at radius 1 is 1.14 bits per heavy atom. The SMILES string of the molecule is C[C@@H]1C[C@H](C(=O)NC(c2cc(F)c(C#N)cc2F)C2CC2)N(C(=O)c2cccc(S(C)(=O)=O)c2)[C@@H]1C. The van der Waals surface area contributed by atoms with Crippen LogP contribution in [0.1, 0.15) is 60.6 Å². The molecule has 1 saturated carbocycles. The molecule has 1 N–H and O–H groups in total. The van der Waals surface area contributed by atoms with Crippen LogP contribution < -0.4 is 5.32 Å². The van der Waals surface area contributed by atoms with Gasteiger partial charge >= 0.3 is 0 Å². The number of amides is 2. The number of nitrogens with one attached hydrogen (secondary N) is 1. The molecule has 1 aliphatic carbocycles. The van der Waals surface area contributed by atoms with Crippen LogP contribution in [0, 0.1) is 34.8 Å². The monoisotopic (exact) mass is 515 g/mol. The molecule has 1 aliphatic heterocycles. The normalized spacial score (nSPS) is 22.7. The van der Waals surface area contributed by atoms with E-state index in [0.717, 1.165) is 31.2 Å². The third-order valence-corrected chi connectivity index (χ3v) is 8.28. The summed E-state index contributed by atoms with van der Waals surface area (Å²) in [5.74, 6) is -2.70. The Morgan fingerprint density at radius 3 is 2.44 bits per heavy atom. The van der Waals surface area contributed by atoms with Crippen molar-refractivity contribution in [1.82, 2.24) is 10.2 Å². The Kier molecular flexibility index (Phi) is 6.88. The molecule has 190 valence electrons. The minimum Gasteiger partial charge on any atom is -0.347 e. The first-order chi connectivity index (χ1) is 16.9. The van der Waals surface area contributed by atoms with Gasteiger partial charge in [0.2, 0.25) is 5.91 Å². The minimum atomic E-state index is -3.53. The highest BCUT2D eigenvalue weighted by Crippen LogP contribution is 2.43. The summed E-state index contributed by atoms with van der Waals surface area (Å²) < 4.78 is 53.0. The first kappa shape index (κ1) is 25.8. The van der Waals surface area contributed by atoms with Gasteiger partial charge in [0.15, 0.2) is 9.84 Å². The lowest BCUT2D eigenvalue weighted by molar-refractivity contribution is -0.126. The molecule has 2 aromatic carbocycles. The summed E-state index contributed by atoms with van der Waals surface area (Å²) in [5, 5.41) is 11.8. The van der Waals surface area contributed by atoms with E-state index in [9.17, 15) is 26.8 Å². The van der Waals surface area contributed by atoms with Gasteiger partial charge < -0.3 is 10.2 Å². The summed E-state index contributed by atoms with van der Waals surface area (Å²) in [6.07, 6.45) is 2.87. The van der Waals surface area contributed by atoms with E-state index in [2.05, 4.69) is 5.32 Å². The van der Waals surface area contributed by atoms with E-state index in [-0.39, 0.29) is 33.9 Å². The van der Waals surface area contributed by atoms with Gasteiger partial charge in [-0.2, -0.15) is 5.26 Å². The molecule has 1 heterocycles. The number of nitrogens with zero attached hydrogens (tertiary/aromatic N) is 2. The Bertz CT molecular complexity index is 1370. The molecule has 0 bridgehead atoms. The summed E-state index contributed by atoms with van der Waals surface area (Å²) in [6.45, 7) is 3.74. The third kappa shape index (κ3) is 4.98. The number of halogens is 2. The van der Waals surface area contributed by atoms with Crippen molar-refractivity contribution in [2.24, 2.45) is 11.8 Å². The second kappa shape index (κ2) is 9.62. The van der Waals surface area contributed by atoms with E-state index >= 15 is 0 Å². The molecule has 36 heavy (non-hydrogen) atoms. The number of carbonyl (C=O) groups is 2. The molecular weight excluding hydrogens is 488 g/mol. The molecule has 2 amide bonds. The first-order valence-corrected chi connectivity index (χ1v) is 13.6. The summed E-state index contributed by atoms with van der Waals surface area (Å²) in [7, 11) is -3.53. The van der Waals surface area contributed by atoms with Crippen LogP contribution in [0.4, 0.5) is 8.78 Å². The van der Waals surface area contributed by atoms with Crippen molar-refractivity contribution in [3.05, 3.63) is 64.7 Å². The van der Waals surface area contributed by atoms with Crippen LogP contribution in [0.2, 0.25) is 0 Å². The van der Waals surface area contributed by atoms with Crippen LogP contribution in [0.3, 0.4) is 0 Å². The summed E-state index contributed by atoms with van der Waals surface area (Å²) in [6, 6.07) is 7.10. The van der Waals surface area contributed by atoms with Crippen molar-refractivity contribution >= 4 is 21.7 Å². The summed E-state index contributed by atoms with van der Waals surface area (Å²) >= 11 is 0. The van der Waals surface area contributed by atoms with Gasteiger partial charge in [0, 0.05) is 23.4 Å². The molecule has 10 heteroatoms. The first-order valence-electron chi connectivity index (χ1n) is 11.7. The third-order valence-electron chi connectivity index (χ3n) is 7.17. The zero-order valence-electron chi connectivity index (χ0n) is 20.2. The fourth-order valence-corrected chi connectivity index (χ4v) is 5.47. The van der Waals surface area contributed by atoms with Gasteiger partial charge in [-0.25, -0.2) is 17.2 Å². The lowest BCUT2D eigenvalue weighted by atomic mass is 9.98. The highest BCUT2D eigenvalue weighted by molar-refractivity contribution is 7.90. The smallest absolute Gasteiger partial charge is 0.254 e. The Morgan fingerprint density at radius 2 is 1.83 bits per heavy atom.